The van der Waals surface area contributed by atoms with Gasteiger partial charge in [0.1, 0.15) is 10.3 Å². The quantitative estimate of drug-likeness (QED) is 0.836. The maximum atomic E-state index is 12.2. The molecular weight excluding hydrogens is 358 g/mol. The molecule has 23 heavy (non-hydrogen) atoms. The van der Waals surface area contributed by atoms with E-state index in [0.29, 0.717) is 10.7 Å². The number of amides is 1. The molecule has 0 spiro atoms. The van der Waals surface area contributed by atoms with E-state index < -0.39 is 15.7 Å². The zero-order valence-corrected chi connectivity index (χ0v) is 14.6. The molecule has 0 aliphatic heterocycles. The second-order valence-corrected chi connectivity index (χ2v) is 8.37. The van der Waals surface area contributed by atoms with Crippen LogP contribution < -0.4 is 10.4 Å². The summed E-state index contributed by atoms with van der Waals surface area (Å²) in [7, 11) is -1.92. The highest BCUT2D eigenvalue weighted by Gasteiger charge is 2.21. The molecule has 1 amide bonds. The Hall–Kier alpha value is -2.08. The minimum Gasteiger partial charge on any atom is -0.288 e. The number of thiophene rings is 1. The van der Waals surface area contributed by atoms with Gasteiger partial charge in [-0.25, -0.2) is 8.42 Å². The van der Waals surface area contributed by atoms with E-state index in [1.54, 1.807) is 37.4 Å². The van der Waals surface area contributed by atoms with Crippen molar-refractivity contribution >= 4 is 44.4 Å². The summed E-state index contributed by atoms with van der Waals surface area (Å²) in [6, 6.07) is 9.87. The van der Waals surface area contributed by atoms with Crippen LogP contribution >= 0.6 is 22.9 Å². The Morgan fingerprint density at radius 1 is 1.35 bits per heavy atom. The summed E-state index contributed by atoms with van der Waals surface area (Å²) in [6.45, 7) is 0. The number of hydrogen-bond acceptors (Lipinski definition) is 6. The number of carbonyl (C=O) groups excluding carboxylic acids is 1. The van der Waals surface area contributed by atoms with E-state index in [0.717, 1.165) is 17.6 Å². The van der Waals surface area contributed by atoms with E-state index in [1.807, 2.05) is 0 Å². The topological polar surface area (TPSA) is 90.3 Å². The average Bonchev–Trinajstić information content (AvgIpc) is 2.92. The van der Waals surface area contributed by atoms with Crippen molar-refractivity contribution in [3.05, 3.63) is 45.8 Å². The lowest BCUT2D eigenvalue weighted by Gasteiger charge is -2.19. The van der Waals surface area contributed by atoms with Gasteiger partial charge in [0.15, 0.2) is 9.84 Å². The average molecular weight is 370 g/mol. The lowest BCUT2D eigenvalue weighted by Crippen LogP contribution is -2.38. The lowest BCUT2D eigenvalue weighted by atomic mass is 10.3. The van der Waals surface area contributed by atoms with E-state index in [9.17, 15) is 13.2 Å². The van der Waals surface area contributed by atoms with E-state index in [-0.39, 0.29) is 14.6 Å². The number of benzene rings is 1. The summed E-state index contributed by atoms with van der Waals surface area (Å²) in [5.41, 5.74) is 3.27. The summed E-state index contributed by atoms with van der Waals surface area (Å²) in [6.07, 6.45) is 1.00. The maximum absolute atomic E-state index is 12.2. The van der Waals surface area contributed by atoms with Gasteiger partial charge in [-0.3, -0.25) is 15.2 Å². The second-order valence-electron chi connectivity index (χ2n) is 4.67. The van der Waals surface area contributed by atoms with Crippen molar-refractivity contribution in [3.8, 4) is 6.07 Å². The third-order valence-electron chi connectivity index (χ3n) is 2.86. The first kappa shape index (κ1) is 17.3. The van der Waals surface area contributed by atoms with Gasteiger partial charge in [0, 0.05) is 18.3 Å². The van der Waals surface area contributed by atoms with Crippen molar-refractivity contribution in [3.63, 3.8) is 0 Å². The lowest BCUT2D eigenvalue weighted by molar-refractivity contribution is 0.0955. The number of sulfone groups is 1. The first-order valence-corrected chi connectivity index (χ1v) is 9.35. The molecule has 2 rings (SSSR count). The van der Waals surface area contributed by atoms with Crippen LogP contribution in [0.1, 0.15) is 15.2 Å². The second kappa shape index (κ2) is 6.58. The number of carbonyl (C=O) groups is 1. The molecule has 0 saturated heterocycles. The third-order valence-corrected chi connectivity index (χ3v) is 6.09. The number of rotatable bonds is 4. The number of hydrogen-bond donors (Lipinski definition) is 1. The molecule has 0 bridgehead atoms. The summed E-state index contributed by atoms with van der Waals surface area (Å²) < 4.78 is 23.1. The Labute approximate surface area is 142 Å². The maximum Gasteiger partial charge on any atom is 0.279 e. The first-order valence-electron chi connectivity index (χ1n) is 6.26. The van der Waals surface area contributed by atoms with Gasteiger partial charge in [0.25, 0.3) is 5.91 Å². The van der Waals surface area contributed by atoms with E-state index >= 15 is 0 Å². The molecule has 0 atom stereocenters. The van der Waals surface area contributed by atoms with Crippen molar-refractivity contribution in [2.24, 2.45) is 0 Å². The van der Waals surface area contributed by atoms with E-state index in [4.69, 9.17) is 16.9 Å². The molecule has 0 fully saturated rings. The zero-order chi connectivity index (χ0) is 17.2. The normalized spacial score (nSPS) is 10.9. The van der Waals surface area contributed by atoms with Crippen molar-refractivity contribution in [2.45, 2.75) is 4.21 Å². The van der Waals surface area contributed by atoms with Gasteiger partial charge in [-0.15, -0.1) is 11.3 Å². The molecule has 0 radical (unpaired) electrons. The van der Waals surface area contributed by atoms with E-state index in [2.05, 4.69) is 5.43 Å². The molecule has 1 heterocycles. The number of nitrogens with one attached hydrogen (secondary N) is 1. The molecule has 120 valence electrons. The van der Waals surface area contributed by atoms with Crippen molar-refractivity contribution in [1.82, 2.24) is 5.43 Å². The molecule has 0 unspecified atom stereocenters. The highest BCUT2D eigenvalue weighted by atomic mass is 35.5. The van der Waals surface area contributed by atoms with Crippen molar-refractivity contribution < 1.29 is 13.2 Å². The van der Waals surface area contributed by atoms with Gasteiger partial charge in [-0.05, 0) is 30.3 Å². The largest absolute Gasteiger partial charge is 0.288 e. The fourth-order valence-corrected chi connectivity index (χ4v) is 4.01. The Bertz CT molecular complexity index is 883. The summed E-state index contributed by atoms with van der Waals surface area (Å²) >= 11 is 6.57. The third kappa shape index (κ3) is 4.01. The SMILES string of the molecule is CN(NC(=O)c1cc(C#N)c(S(C)(=O)=O)s1)c1ccc(Cl)cc1. The predicted molar refractivity (Wildman–Crippen MR) is 89.5 cm³/mol. The van der Waals surface area contributed by atoms with Crippen LogP contribution in [0.3, 0.4) is 0 Å². The summed E-state index contributed by atoms with van der Waals surface area (Å²) in [4.78, 5) is 12.4. The molecule has 9 heteroatoms. The minimum absolute atomic E-state index is 0.0307. The Kier molecular flexibility index (Phi) is 4.94. The Balaban J connectivity index is 2.23. The van der Waals surface area contributed by atoms with Crippen LogP contribution in [0.25, 0.3) is 0 Å². The molecule has 1 aromatic carbocycles. The van der Waals surface area contributed by atoms with Crippen LogP contribution in [0.4, 0.5) is 5.69 Å². The molecule has 6 nitrogen and oxygen atoms in total. The molecule has 1 aromatic heterocycles. The fraction of sp³-hybridized carbons (Fsp3) is 0.143. The number of halogens is 1. The van der Waals surface area contributed by atoms with Crippen LogP contribution in [0.5, 0.6) is 0 Å². The number of anilines is 1. The first-order chi connectivity index (χ1) is 10.7. The van der Waals surface area contributed by atoms with Gasteiger partial charge >= 0.3 is 0 Å². The highest BCUT2D eigenvalue weighted by Crippen LogP contribution is 2.27. The molecule has 2 aromatic rings. The Morgan fingerprint density at radius 3 is 2.43 bits per heavy atom. The number of nitrogens with zero attached hydrogens (tertiary/aromatic N) is 2. The van der Waals surface area contributed by atoms with E-state index in [1.165, 1.54) is 11.1 Å². The zero-order valence-electron chi connectivity index (χ0n) is 12.2. The van der Waals surface area contributed by atoms with Gasteiger partial charge in [0.2, 0.25) is 0 Å². The van der Waals surface area contributed by atoms with Crippen LogP contribution in [0.2, 0.25) is 5.02 Å². The molecule has 1 N–H and O–H groups in total. The molecular formula is C14H12ClN3O3S2. The van der Waals surface area contributed by atoms with Crippen molar-refractivity contribution in [1.29, 1.82) is 5.26 Å². The van der Waals surface area contributed by atoms with Gasteiger partial charge in [-0.1, -0.05) is 11.6 Å². The van der Waals surface area contributed by atoms with Crippen LogP contribution in [0, 0.1) is 11.3 Å². The molecule has 0 saturated carbocycles. The monoisotopic (exact) mass is 369 g/mol. The van der Waals surface area contributed by atoms with Gasteiger partial charge in [0.05, 0.1) is 16.1 Å². The highest BCUT2D eigenvalue weighted by molar-refractivity contribution is 7.92. The van der Waals surface area contributed by atoms with Gasteiger partial charge < -0.3 is 0 Å². The standard InChI is InChI=1S/C14H12ClN3O3S2/c1-18(11-5-3-10(15)4-6-11)17-13(19)12-7-9(8-16)14(22-12)23(2,20)21/h3-7H,1-2H3,(H,17,19). The predicted octanol–water partition coefficient (Wildman–Crippen LogP) is 2.46. The minimum atomic E-state index is -3.56. The van der Waals surface area contributed by atoms with Crippen molar-refractivity contribution in [2.75, 3.05) is 18.3 Å². The van der Waals surface area contributed by atoms with Crippen LogP contribution in [-0.4, -0.2) is 27.6 Å². The number of nitriles is 1. The van der Waals surface area contributed by atoms with Crippen LogP contribution in [-0.2, 0) is 9.84 Å². The fourth-order valence-electron chi connectivity index (χ4n) is 1.78. The van der Waals surface area contributed by atoms with Gasteiger partial charge in [-0.2, -0.15) is 5.26 Å². The smallest absolute Gasteiger partial charge is 0.279 e. The molecule has 0 aliphatic rings. The summed E-state index contributed by atoms with van der Waals surface area (Å²) in [5.74, 6) is -0.501. The van der Waals surface area contributed by atoms with Crippen LogP contribution in [0.15, 0.2) is 34.5 Å². The molecule has 0 aliphatic carbocycles. The number of hydrazine groups is 1. The summed E-state index contributed by atoms with van der Waals surface area (Å²) in [5, 5.41) is 11.0. The Morgan fingerprint density at radius 2 is 1.96 bits per heavy atom.